The third-order valence-electron chi connectivity index (χ3n) is 3.38. The Hall–Kier alpha value is -2.57. The molecule has 3 aromatic rings. The number of hydrogen-bond acceptors (Lipinski definition) is 3. The second-order valence-electron chi connectivity index (χ2n) is 5.05. The molecular weight excluding hydrogens is 368 g/mol. The highest BCUT2D eigenvalue weighted by Gasteiger charge is 2.19. The third-order valence-corrected chi connectivity index (χ3v) is 4.12. The van der Waals surface area contributed by atoms with Gasteiger partial charge in [-0.05, 0) is 42.5 Å². The van der Waals surface area contributed by atoms with Crippen LogP contribution < -0.4 is 10.1 Å². The number of anilines is 1. The van der Waals surface area contributed by atoms with Gasteiger partial charge < -0.3 is 10.1 Å². The van der Waals surface area contributed by atoms with Gasteiger partial charge >= 0.3 is 0 Å². The number of hydrogen-bond donors (Lipinski definition) is 1. The molecule has 1 amide bonds. The topological polar surface area (TPSA) is 56.2 Å². The number of halogens is 3. The molecule has 0 aliphatic carbocycles. The van der Waals surface area contributed by atoms with E-state index in [0.717, 1.165) is 0 Å². The summed E-state index contributed by atoms with van der Waals surface area (Å²) in [4.78, 5) is 12.5. The Labute approximate surface area is 152 Å². The van der Waals surface area contributed by atoms with Crippen LogP contribution in [0.2, 0.25) is 10.0 Å². The zero-order valence-electron chi connectivity index (χ0n) is 13.0. The normalized spacial score (nSPS) is 10.6. The molecule has 5 nitrogen and oxygen atoms in total. The highest BCUT2D eigenvalue weighted by atomic mass is 35.5. The van der Waals surface area contributed by atoms with Gasteiger partial charge in [-0.2, -0.15) is 5.10 Å². The Balaban J connectivity index is 1.89. The molecule has 0 saturated carbocycles. The van der Waals surface area contributed by atoms with E-state index in [9.17, 15) is 9.18 Å². The summed E-state index contributed by atoms with van der Waals surface area (Å²) >= 11 is 11.8. The van der Waals surface area contributed by atoms with E-state index < -0.39 is 5.91 Å². The van der Waals surface area contributed by atoms with E-state index in [2.05, 4.69) is 10.4 Å². The molecule has 1 heterocycles. The van der Waals surface area contributed by atoms with Crippen LogP contribution in [0.4, 0.5) is 10.1 Å². The van der Waals surface area contributed by atoms with Gasteiger partial charge in [0.2, 0.25) is 0 Å². The highest BCUT2D eigenvalue weighted by molar-refractivity contribution is 6.42. The lowest BCUT2D eigenvalue weighted by atomic mass is 10.3. The molecule has 0 saturated heterocycles. The zero-order chi connectivity index (χ0) is 18.0. The molecular formula is C17H12Cl2FN3O2. The maximum Gasteiger partial charge on any atom is 0.280 e. The maximum absolute atomic E-state index is 13.0. The molecule has 0 bridgehead atoms. The Morgan fingerprint density at radius 3 is 2.52 bits per heavy atom. The van der Waals surface area contributed by atoms with Crippen LogP contribution in [0, 0.1) is 5.82 Å². The van der Waals surface area contributed by atoms with Crippen molar-refractivity contribution in [3.05, 3.63) is 70.2 Å². The molecule has 128 valence electrons. The van der Waals surface area contributed by atoms with Crippen LogP contribution in [0.5, 0.6) is 5.75 Å². The standard InChI is InChI=1S/C17H12Cl2FN3O2/c1-25-15-9-23(12-5-2-10(20)3-6-12)22-16(15)17(24)21-11-4-7-13(18)14(19)8-11/h2-9H,1H3,(H,21,24). The molecule has 0 fully saturated rings. The fraction of sp³-hybridized carbons (Fsp3) is 0.0588. The minimum absolute atomic E-state index is 0.0814. The minimum Gasteiger partial charge on any atom is -0.493 e. The molecule has 0 spiro atoms. The second-order valence-corrected chi connectivity index (χ2v) is 5.86. The Morgan fingerprint density at radius 1 is 1.16 bits per heavy atom. The van der Waals surface area contributed by atoms with Gasteiger partial charge in [0.15, 0.2) is 11.4 Å². The van der Waals surface area contributed by atoms with Gasteiger partial charge in [-0.3, -0.25) is 4.79 Å². The molecule has 0 aliphatic heterocycles. The maximum atomic E-state index is 13.0. The molecule has 8 heteroatoms. The molecule has 0 atom stereocenters. The summed E-state index contributed by atoms with van der Waals surface area (Å²) in [6.45, 7) is 0. The predicted octanol–water partition coefficient (Wildman–Crippen LogP) is 4.58. The van der Waals surface area contributed by atoms with Crippen LogP contribution in [0.15, 0.2) is 48.7 Å². The summed E-state index contributed by atoms with van der Waals surface area (Å²) in [5, 5.41) is 7.60. The van der Waals surface area contributed by atoms with Crippen molar-refractivity contribution < 1.29 is 13.9 Å². The summed E-state index contributed by atoms with van der Waals surface area (Å²) in [6.07, 6.45) is 1.54. The number of nitrogens with zero attached hydrogens (tertiary/aromatic N) is 2. The van der Waals surface area contributed by atoms with Gasteiger partial charge in [-0.1, -0.05) is 23.2 Å². The first-order valence-electron chi connectivity index (χ1n) is 7.14. The van der Waals surface area contributed by atoms with E-state index >= 15 is 0 Å². The lowest BCUT2D eigenvalue weighted by Crippen LogP contribution is -2.14. The number of methoxy groups -OCH3 is 1. The van der Waals surface area contributed by atoms with E-state index in [1.807, 2.05) is 0 Å². The smallest absolute Gasteiger partial charge is 0.280 e. The SMILES string of the molecule is COc1cn(-c2ccc(F)cc2)nc1C(=O)Nc1ccc(Cl)c(Cl)c1. The van der Waals surface area contributed by atoms with Crippen molar-refractivity contribution in [3.8, 4) is 11.4 Å². The minimum atomic E-state index is -0.476. The molecule has 1 aromatic heterocycles. The molecule has 25 heavy (non-hydrogen) atoms. The third kappa shape index (κ3) is 3.75. The van der Waals surface area contributed by atoms with E-state index in [-0.39, 0.29) is 17.3 Å². The molecule has 0 radical (unpaired) electrons. The molecule has 1 N–H and O–H groups in total. The van der Waals surface area contributed by atoms with Crippen molar-refractivity contribution in [1.29, 1.82) is 0 Å². The second kappa shape index (κ2) is 7.13. The summed E-state index contributed by atoms with van der Waals surface area (Å²) in [5.41, 5.74) is 1.14. The number of carbonyl (C=O) groups excluding carboxylic acids is 1. The first-order valence-corrected chi connectivity index (χ1v) is 7.89. The van der Waals surface area contributed by atoms with Crippen molar-refractivity contribution in [3.63, 3.8) is 0 Å². The van der Waals surface area contributed by atoms with Gasteiger partial charge in [0.1, 0.15) is 5.82 Å². The highest BCUT2D eigenvalue weighted by Crippen LogP contribution is 2.26. The molecule has 0 aliphatic rings. The predicted molar refractivity (Wildman–Crippen MR) is 94.5 cm³/mol. The summed E-state index contributed by atoms with van der Waals surface area (Å²) in [5.74, 6) is -0.557. The number of nitrogens with one attached hydrogen (secondary N) is 1. The first-order chi connectivity index (χ1) is 12.0. The summed E-state index contributed by atoms with van der Waals surface area (Å²) in [6, 6.07) is 10.4. The van der Waals surface area contributed by atoms with Gasteiger partial charge in [0.25, 0.3) is 5.91 Å². The lowest BCUT2D eigenvalue weighted by Gasteiger charge is -2.05. The van der Waals surface area contributed by atoms with E-state index in [0.29, 0.717) is 21.4 Å². The average Bonchev–Trinajstić information content (AvgIpc) is 3.03. The first kappa shape index (κ1) is 17.3. The zero-order valence-corrected chi connectivity index (χ0v) is 14.5. The number of benzene rings is 2. The number of rotatable bonds is 4. The van der Waals surface area contributed by atoms with Crippen molar-refractivity contribution in [1.82, 2.24) is 9.78 Å². The summed E-state index contributed by atoms with van der Waals surface area (Å²) < 4.78 is 19.7. The molecule has 2 aromatic carbocycles. The quantitative estimate of drug-likeness (QED) is 0.721. The van der Waals surface area contributed by atoms with Gasteiger partial charge in [-0.25, -0.2) is 9.07 Å². The monoisotopic (exact) mass is 379 g/mol. The lowest BCUT2D eigenvalue weighted by molar-refractivity contribution is 0.101. The largest absolute Gasteiger partial charge is 0.493 e. The van der Waals surface area contributed by atoms with Crippen LogP contribution >= 0.6 is 23.2 Å². The van der Waals surface area contributed by atoms with Crippen LogP contribution in [0.3, 0.4) is 0 Å². The van der Waals surface area contributed by atoms with Crippen LogP contribution in [0.25, 0.3) is 5.69 Å². The van der Waals surface area contributed by atoms with Crippen LogP contribution in [-0.4, -0.2) is 22.8 Å². The fourth-order valence-corrected chi connectivity index (χ4v) is 2.45. The number of carbonyl (C=O) groups is 1. The Morgan fingerprint density at radius 2 is 1.88 bits per heavy atom. The van der Waals surface area contributed by atoms with E-state index in [1.165, 1.54) is 36.2 Å². The van der Waals surface area contributed by atoms with E-state index in [1.54, 1.807) is 24.3 Å². The summed E-state index contributed by atoms with van der Waals surface area (Å²) in [7, 11) is 1.43. The van der Waals surface area contributed by atoms with Crippen molar-refractivity contribution in [2.24, 2.45) is 0 Å². The fourth-order valence-electron chi connectivity index (χ4n) is 2.16. The van der Waals surface area contributed by atoms with Crippen molar-refractivity contribution in [2.45, 2.75) is 0 Å². The average molecular weight is 380 g/mol. The number of ether oxygens (including phenoxy) is 1. The van der Waals surface area contributed by atoms with Crippen LogP contribution in [-0.2, 0) is 0 Å². The van der Waals surface area contributed by atoms with Crippen LogP contribution in [0.1, 0.15) is 10.5 Å². The Kier molecular flexibility index (Phi) is 4.92. The van der Waals surface area contributed by atoms with E-state index in [4.69, 9.17) is 27.9 Å². The molecule has 3 rings (SSSR count). The van der Waals surface area contributed by atoms with Gasteiger partial charge in [0.05, 0.1) is 29.0 Å². The number of amides is 1. The van der Waals surface area contributed by atoms with Crippen molar-refractivity contribution >= 4 is 34.8 Å². The number of aromatic nitrogens is 2. The van der Waals surface area contributed by atoms with Gasteiger partial charge in [0, 0.05) is 5.69 Å². The molecule has 0 unspecified atom stereocenters. The van der Waals surface area contributed by atoms with Gasteiger partial charge in [-0.15, -0.1) is 0 Å². The Bertz CT molecular complexity index is 926. The van der Waals surface area contributed by atoms with Crippen molar-refractivity contribution in [2.75, 3.05) is 12.4 Å².